The van der Waals surface area contributed by atoms with E-state index in [4.69, 9.17) is 23.8 Å². The van der Waals surface area contributed by atoms with Crippen LogP contribution in [0.25, 0.3) is 6.08 Å². The second kappa shape index (κ2) is 7.27. The van der Waals surface area contributed by atoms with Crippen LogP contribution in [-0.4, -0.2) is 20.2 Å². The molecule has 1 N–H and O–H groups in total. The van der Waals surface area contributed by atoms with Crippen molar-refractivity contribution in [3.05, 3.63) is 68.0 Å². The summed E-state index contributed by atoms with van der Waals surface area (Å²) in [6.45, 7) is 0.425. The molecule has 0 saturated carbocycles. The first-order chi connectivity index (χ1) is 11.5. The molecule has 0 radical (unpaired) electrons. The highest BCUT2D eigenvalue weighted by atomic mass is 79.9. The topological polar surface area (TPSA) is 40.5 Å². The number of halogens is 2. The van der Waals surface area contributed by atoms with Crippen LogP contribution in [0.4, 0.5) is 0 Å². The first-order valence-corrected chi connectivity index (χ1v) is 9.32. The summed E-state index contributed by atoms with van der Waals surface area (Å²) in [4.78, 5) is 14.6. The van der Waals surface area contributed by atoms with Gasteiger partial charge in [-0.15, -0.1) is 0 Å². The van der Waals surface area contributed by atoms with Gasteiger partial charge in [-0.1, -0.05) is 81.8 Å². The minimum atomic E-state index is -0.177. The van der Waals surface area contributed by atoms with Crippen molar-refractivity contribution in [3.63, 3.8) is 0 Å². The average Bonchev–Trinajstić information content (AvgIpc) is 2.81. The molecule has 1 aliphatic rings. The van der Waals surface area contributed by atoms with E-state index >= 15 is 0 Å². The number of nitrogens with zero attached hydrogens (tertiary/aromatic N) is 1. The Morgan fingerprint density at radius 1 is 1.29 bits per heavy atom. The van der Waals surface area contributed by atoms with Crippen LogP contribution in [0.1, 0.15) is 11.1 Å². The molecule has 2 aromatic carbocycles. The largest absolute Gasteiger partial charge is 0.506 e. The molecule has 0 unspecified atom stereocenters. The minimum absolute atomic E-state index is 0.0619. The van der Waals surface area contributed by atoms with Gasteiger partial charge in [-0.3, -0.25) is 9.69 Å². The Labute approximate surface area is 162 Å². The fourth-order valence-electron chi connectivity index (χ4n) is 2.24. The number of carbonyl (C=O) groups excluding carboxylic acids is 1. The Kier molecular flexibility index (Phi) is 5.30. The van der Waals surface area contributed by atoms with E-state index in [9.17, 15) is 9.90 Å². The number of thiocarbonyl (C=S) groups is 1. The maximum atomic E-state index is 12.6. The molecule has 7 heteroatoms. The van der Waals surface area contributed by atoms with Crippen LogP contribution in [-0.2, 0) is 11.3 Å². The van der Waals surface area contributed by atoms with Crippen LogP contribution in [0.3, 0.4) is 0 Å². The fourth-order valence-corrected chi connectivity index (χ4v) is 4.32. The Balaban J connectivity index is 1.89. The smallest absolute Gasteiger partial charge is 0.266 e. The Morgan fingerprint density at radius 2 is 2.00 bits per heavy atom. The highest BCUT2D eigenvalue weighted by molar-refractivity contribution is 9.10. The van der Waals surface area contributed by atoms with Gasteiger partial charge in [0.15, 0.2) is 0 Å². The molecule has 0 spiro atoms. The van der Waals surface area contributed by atoms with Gasteiger partial charge in [0, 0.05) is 10.0 Å². The Morgan fingerprint density at radius 3 is 2.71 bits per heavy atom. The molecule has 0 atom stereocenters. The lowest BCUT2D eigenvalue weighted by molar-refractivity contribution is -0.122. The van der Waals surface area contributed by atoms with E-state index in [0.29, 0.717) is 21.3 Å². The SMILES string of the molecule is O=C1/C(=C\c2cc(Br)cc(Cl)c2O)SC(=S)N1Cc1ccccc1. The molecule has 0 bridgehead atoms. The second-order valence-electron chi connectivity index (χ2n) is 5.08. The zero-order valence-corrected chi connectivity index (χ0v) is 16.2. The molecular formula is C17H11BrClNO2S2. The van der Waals surface area contributed by atoms with E-state index in [1.807, 2.05) is 30.3 Å². The van der Waals surface area contributed by atoms with Gasteiger partial charge >= 0.3 is 0 Å². The molecule has 24 heavy (non-hydrogen) atoms. The van der Waals surface area contributed by atoms with Crippen molar-refractivity contribution in [1.29, 1.82) is 0 Å². The van der Waals surface area contributed by atoms with Gasteiger partial charge in [-0.2, -0.15) is 0 Å². The number of thioether (sulfide) groups is 1. The summed E-state index contributed by atoms with van der Waals surface area (Å²) in [7, 11) is 0. The van der Waals surface area contributed by atoms with Crippen LogP contribution >= 0.6 is 51.5 Å². The van der Waals surface area contributed by atoms with Crippen molar-refractivity contribution in [2.24, 2.45) is 0 Å². The van der Waals surface area contributed by atoms with Crippen LogP contribution < -0.4 is 0 Å². The molecule has 1 saturated heterocycles. The van der Waals surface area contributed by atoms with Gasteiger partial charge in [0.2, 0.25) is 0 Å². The minimum Gasteiger partial charge on any atom is -0.506 e. The lowest BCUT2D eigenvalue weighted by atomic mass is 10.1. The number of phenolic OH excluding ortho intramolecular Hbond substituents is 1. The highest BCUT2D eigenvalue weighted by Gasteiger charge is 2.32. The summed E-state index contributed by atoms with van der Waals surface area (Å²) in [5.74, 6) is -0.238. The van der Waals surface area contributed by atoms with E-state index in [0.717, 1.165) is 10.0 Å². The van der Waals surface area contributed by atoms with Gasteiger partial charge in [0.25, 0.3) is 5.91 Å². The Bertz CT molecular complexity index is 855. The molecule has 1 fully saturated rings. The van der Waals surface area contributed by atoms with Crippen molar-refractivity contribution < 1.29 is 9.90 Å². The third kappa shape index (κ3) is 3.67. The average molecular weight is 441 g/mol. The number of hydrogen-bond acceptors (Lipinski definition) is 4. The number of aromatic hydroxyl groups is 1. The molecule has 3 nitrogen and oxygen atoms in total. The number of amides is 1. The molecule has 2 aromatic rings. The predicted molar refractivity (Wildman–Crippen MR) is 106 cm³/mol. The van der Waals surface area contributed by atoms with Gasteiger partial charge < -0.3 is 5.11 Å². The van der Waals surface area contributed by atoms with Crippen LogP contribution in [0, 0.1) is 0 Å². The number of rotatable bonds is 3. The molecule has 122 valence electrons. The predicted octanol–water partition coefficient (Wildman–Crippen LogP) is 5.21. The molecule has 1 aliphatic heterocycles. The fraction of sp³-hybridized carbons (Fsp3) is 0.0588. The lowest BCUT2D eigenvalue weighted by Crippen LogP contribution is -2.27. The molecule has 0 aliphatic carbocycles. The maximum absolute atomic E-state index is 12.6. The van der Waals surface area contributed by atoms with Crippen molar-refractivity contribution in [2.45, 2.75) is 6.54 Å². The summed E-state index contributed by atoms with van der Waals surface area (Å²) >= 11 is 15.8. The Hall–Kier alpha value is -1.34. The zero-order chi connectivity index (χ0) is 17.3. The van der Waals surface area contributed by atoms with E-state index in [-0.39, 0.29) is 16.7 Å². The summed E-state index contributed by atoms with van der Waals surface area (Å²) in [6.07, 6.45) is 1.61. The summed E-state index contributed by atoms with van der Waals surface area (Å²) in [6, 6.07) is 13.0. The molecule has 1 amide bonds. The number of hydrogen-bond donors (Lipinski definition) is 1. The second-order valence-corrected chi connectivity index (χ2v) is 8.08. The van der Waals surface area contributed by atoms with Gasteiger partial charge in [-0.25, -0.2) is 0 Å². The molecular weight excluding hydrogens is 430 g/mol. The van der Waals surface area contributed by atoms with Gasteiger partial charge in [0.05, 0.1) is 16.5 Å². The van der Waals surface area contributed by atoms with Gasteiger partial charge in [-0.05, 0) is 23.8 Å². The summed E-state index contributed by atoms with van der Waals surface area (Å²) in [5, 5.41) is 10.3. The van der Waals surface area contributed by atoms with E-state index in [2.05, 4.69) is 15.9 Å². The summed E-state index contributed by atoms with van der Waals surface area (Å²) in [5.41, 5.74) is 1.47. The molecule has 0 aromatic heterocycles. The third-order valence-corrected chi connectivity index (χ3v) is 5.53. The van der Waals surface area contributed by atoms with Crippen LogP contribution in [0.5, 0.6) is 5.75 Å². The van der Waals surface area contributed by atoms with Crippen molar-refractivity contribution >= 4 is 67.8 Å². The van der Waals surface area contributed by atoms with E-state index in [1.54, 1.807) is 23.1 Å². The first-order valence-electron chi connectivity index (χ1n) is 6.93. The van der Waals surface area contributed by atoms with Crippen LogP contribution in [0.2, 0.25) is 5.02 Å². The van der Waals surface area contributed by atoms with Crippen molar-refractivity contribution in [2.75, 3.05) is 0 Å². The zero-order valence-electron chi connectivity index (χ0n) is 12.2. The lowest BCUT2D eigenvalue weighted by Gasteiger charge is -2.14. The summed E-state index contributed by atoms with van der Waals surface area (Å²) < 4.78 is 1.21. The number of benzene rings is 2. The van der Waals surface area contributed by atoms with Gasteiger partial charge in [0.1, 0.15) is 10.1 Å². The quantitative estimate of drug-likeness (QED) is 0.525. The van der Waals surface area contributed by atoms with E-state index in [1.165, 1.54) is 11.8 Å². The number of phenols is 1. The maximum Gasteiger partial charge on any atom is 0.266 e. The molecule has 3 rings (SSSR count). The molecule has 1 heterocycles. The van der Waals surface area contributed by atoms with Crippen molar-refractivity contribution in [1.82, 2.24) is 4.90 Å². The normalized spacial score (nSPS) is 16.2. The van der Waals surface area contributed by atoms with Crippen molar-refractivity contribution in [3.8, 4) is 5.75 Å². The standard InChI is InChI=1S/C17H11BrClNO2S2/c18-12-6-11(15(21)13(19)8-12)7-14-16(22)20(17(23)24-14)9-10-4-2-1-3-5-10/h1-8,21H,9H2/b14-7+. The monoisotopic (exact) mass is 439 g/mol. The number of carbonyl (C=O) groups is 1. The van der Waals surface area contributed by atoms with E-state index < -0.39 is 0 Å². The van der Waals surface area contributed by atoms with Crippen LogP contribution in [0.15, 0.2) is 51.8 Å². The third-order valence-electron chi connectivity index (χ3n) is 3.40. The highest BCUT2D eigenvalue weighted by Crippen LogP contribution is 2.37. The first kappa shape index (κ1) is 17.5.